The zero-order valence-electron chi connectivity index (χ0n) is 5.66. The summed E-state index contributed by atoms with van der Waals surface area (Å²) in [6.45, 7) is 3.21. The van der Waals surface area contributed by atoms with Gasteiger partial charge in [-0.05, 0) is 12.2 Å². The van der Waals surface area contributed by atoms with Crippen molar-refractivity contribution in [1.29, 1.82) is 0 Å². The summed E-state index contributed by atoms with van der Waals surface area (Å²) in [6.07, 6.45) is 3.25. The fourth-order valence-electron chi connectivity index (χ4n) is 0.286. The summed E-state index contributed by atoms with van der Waals surface area (Å²) in [7, 11) is 1.24. The molecule has 0 radical (unpaired) electrons. The number of ether oxygens (including phenoxy) is 1. The second-order valence-electron chi connectivity index (χ2n) is 1.46. The van der Waals surface area contributed by atoms with Crippen LogP contribution in [0.2, 0.25) is 0 Å². The molecule has 3 nitrogen and oxygen atoms in total. The third kappa shape index (κ3) is 3.60. The van der Waals surface area contributed by atoms with Gasteiger partial charge in [-0.1, -0.05) is 6.58 Å². The molecular weight excluding hydrogens is 132 g/mol. The molecule has 0 aliphatic rings. The van der Waals surface area contributed by atoms with Gasteiger partial charge in [0.25, 0.3) is 0 Å². The van der Waals surface area contributed by atoms with Crippen molar-refractivity contribution < 1.29 is 14.3 Å². The van der Waals surface area contributed by atoms with Crippen molar-refractivity contribution in [3.8, 4) is 0 Å². The molecule has 0 aromatic heterocycles. The molecule has 0 saturated carbocycles. The molecule has 0 atom stereocenters. The fraction of sp³-hybridized carbons (Fsp3) is 0.143. The molecule has 0 aromatic rings. The van der Waals surface area contributed by atoms with Gasteiger partial charge in [0, 0.05) is 6.08 Å². The quantitative estimate of drug-likeness (QED) is 0.422. The summed E-state index contributed by atoms with van der Waals surface area (Å²) in [6, 6.07) is 0. The Hall–Kier alpha value is -1.38. The van der Waals surface area contributed by atoms with Gasteiger partial charge < -0.3 is 4.74 Å². The van der Waals surface area contributed by atoms with Crippen LogP contribution in [-0.4, -0.2) is 18.9 Å². The van der Waals surface area contributed by atoms with E-state index in [1.165, 1.54) is 7.11 Å². The summed E-state index contributed by atoms with van der Waals surface area (Å²) >= 11 is 0. The molecule has 0 unspecified atom stereocenters. The predicted molar refractivity (Wildman–Crippen MR) is 36.4 cm³/mol. The van der Waals surface area contributed by atoms with Gasteiger partial charge in [0.05, 0.1) is 7.11 Å². The molecule has 0 fully saturated rings. The van der Waals surface area contributed by atoms with Crippen LogP contribution in [0.25, 0.3) is 0 Å². The van der Waals surface area contributed by atoms with Crippen molar-refractivity contribution in [2.45, 2.75) is 0 Å². The summed E-state index contributed by atoms with van der Waals surface area (Å²) in [5.74, 6) is -0.861. The zero-order valence-corrected chi connectivity index (χ0v) is 5.66. The highest BCUT2D eigenvalue weighted by Gasteiger charge is 1.91. The second-order valence-corrected chi connectivity index (χ2v) is 1.46. The van der Waals surface area contributed by atoms with Gasteiger partial charge in [-0.2, -0.15) is 0 Å². The molecule has 3 heteroatoms. The Kier molecular flexibility index (Phi) is 3.87. The first-order valence-electron chi connectivity index (χ1n) is 2.63. The van der Waals surface area contributed by atoms with Crippen LogP contribution in [0.1, 0.15) is 0 Å². The Bertz CT molecular complexity index is 179. The number of ketones is 1. The second kappa shape index (κ2) is 4.49. The van der Waals surface area contributed by atoms with Gasteiger partial charge in [-0.3, -0.25) is 4.79 Å². The van der Waals surface area contributed by atoms with E-state index >= 15 is 0 Å². The molecule has 0 aromatic carbocycles. The molecule has 10 heavy (non-hydrogen) atoms. The van der Waals surface area contributed by atoms with E-state index in [1.54, 1.807) is 0 Å². The maximum Gasteiger partial charge on any atom is 0.330 e. The SMILES string of the molecule is C=CC(=O)C=CC(=O)OC. The normalized spacial score (nSPS) is 9.30. The van der Waals surface area contributed by atoms with E-state index in [0.29, 0.717) is 0 Å². The molecule has 0 aliphatic heterocycles. The first-order chi connectivity index (χ1) is 4.70. The van der Waals surface area contributed by atoms with Crippen LogP contribution in [-0.2, 0) is 14.3 Å². The first kappa shape index (κ1) is 8.62. The number of allylic oxidation sites excluding steroid dienone is 2. The van der Waals surface area contributed by atoms with Crippen LogP contribution in [0, 0.1) is 0 Å². The molecule has 0 saturated heterocycles. The van der Waals surface area contributed by atoms with Crippen LogP contribution in [0.5, 0.6) is 0 Å². The standard InChI is InChI=1S/C7H8O3/c1-3-6(8)4-5-7(9)10-2/h3-5H,1H2,2H3. The lowest BCUT2D eigenvalue weighted by atomic mass is 10.3. The topological polar surface area (TPSA) is 43.4 Å². The average molecular weight is 140 g/mol. The Morgan fingerprint density at radius 2 is 2.00 bits per heavy atom. The largest absolute Gasteiger partial charge is 0.466 e. The van der Waals surface area contributed by atoms with Crippen LogP contribution in [0.3, 0.4) is 0 Å². The number of hydrogen-bond acceptors (Lipinski definition) is 3. The molecule has 0 rings (SSSR count). The van der Waals surface area contributed by atoms with Gasteiger partial charge in [0.1, 0.15) is 0 Å². The number of rotatable bonds is 3. The number of esters is 1. The number of carbonyl (C=O) groups excluding carboxylic acids is 2. The summed E-state index contributed by atoms with van der Waals surface area (Å²) in [5.41, 5.74) is 0. The molecule has 0 aliphatic carbocycles. The Morgan fingerprint density at radius 3 is 2.40 bits per heavy atom. The van der Waals surface area contributed by atoms with E-state index in [1.807, 2.05) is 0 Å². The zero-order chi connectivity index (χ0) is 7.98. The minimum Gasteiger partial charge on any atom is -0.466 e. The van der Waals surface area contributed by atoms with Crippen LogP contribution in [0.4, 0.5) is 0 Å². The maximum absolute atomic E-state index is 10.4. The summed E-state index contributed by atoms with van der Waals surface area (Å²) in [4.78, 5) is 20.8. The fourth-order valence-corrected chi connectivity index (χ4v) is 0.286. The highest BCUT2D eigenvalue weighted by Crippen LogP contribution is 1.80. The first-order valence-corrected chi connectivity index (χ1v) is 2.63. The molecule has 0 amide bonds. The van der Waals surface area contributed by atoms with Gasteiger partial charge >= 0.3 is 5.97 Å². The number of carbonyl (C=O) groups is 2. The summed E-state index contributed by atoms with van der Waals surface area (Å²) < 4.78 is 4.23. The third-order valence-corrected chi connectivity index (χ3v) is 0.786. The monoisotopic (exact) mass is 140 g/mol. The molecule has 0 N–H and O–H groups in total. The number of methoxy groups -OCH3 is 1. The van der Waals surface area contributed by atoms with Gasteiger partial charge in [-0.25, -0.2) is 4.79 Å². The van der Waals surface area contributed by atoms with E-state index in [-0.39, 0.29) is 5.78 Å². The molecular formula is C7H8O3. The maximum atomic E-state index is 10.4. The van der Waals surface area contributed by atoms with Crippen molar-refractivity contribution in [2.24, 2.45) is 0 Å². The van der Waals surface area contributed by atoms with Crippen molar-refractivity contribution in [2.75, 3.05) is 7.11 Å². The highest BCUT2D eigenvalue weighted by molar-refractivity contribution is 6.02. The highest BCUT2D eigenvalue weighted by atomic mass is 16.5. The lowest BCUT2D eigenvalue weighted by Gasteiger charge is -1.86. The number of hydrogen-bond donors (Lipinski definition) is 0. The van der Waals surface area contributed by atoms with Gasteiger partial charge in [0.15, 0.2) is 5.78 Å². The van der Waals surface area contributed by atoms with Crippen molar-refractivity contribution in [3.63, 3.8) is 0 Å². The lowest BCUT2D eigenvalue weighted by Crippen LogP contribution is -1.95. The van der Waals surface area contributed by atoms with Crippen molar-refractivity contribution in [3.05, 3.63) is 24.8 Å². The van der Waals surface area contributed by atoms with Crippen LogP contribution in [0.15, 0.2) is 24.8 Å². The van der Waals surface area contributed by atoms with E-state index in [0.717, 1.165) is 18.2 Å². The van der Waals surface area contributed by atoms with Gasteiger partial charge in [0.2, 0.25) is 0 Å². The summed E-state index contributed by atoms with van der Waals surface area (Å²) in [5, 5.41) is 0. The lowest BCUT2D eigenvalue weighted by molar-refractivity contribution is -0.135. The molecule has 54 valence electrons. The minimum absolute atomic E-state index is 0.314. The Morgan fingerprint density at radius 1 is 1.40 bits per heavy atom. The van der Waals surface area contributed by atoms with E-state index in [2.05, 4.69) is 11.3 Å². The Labute approximate surface area is 59.0 Å². The molecule has 0 bridgehead atoms. The van der Waals surface area contributed by atoms with E-state index in [4.69, 9.17) is 0 Å². The van der Waals surface area contributed by atoms with Crippen LogP contribution >= 0.6 is 0 Å². The molecule has 0 heterocycles. The van der Waals surface area contributed by atoms with Crippen molar-refractivity contribution in [1.82, 2.24) is 0 Å². The van der Waals surface area contributed by atoms with Crippen LogP contribution < -0.4 is 0 Å². The molecule has 0 spiro atoms. The van der Waals surface area contributed by atoms with Gasteiger partial charge in [-0.15, -0.1) is 0 Å². The Balaban J connectivity index is 3.87. The van der Waals surface area contributed by atoms with Crippen molar-refractivity contribution >= 4 is 11.8 Å². The average Bonchev–Trinajstić information content (AvgIpc) is 1.99. The smallest absolute Gasteiger partial charge is 0.330 e. The predicted octanol–water partition coefficient (Wildman–Crippen LogP) is 0.471. The van der Waals surface area contributed by atoms with E-state index < -0.39 is 5.97 Å². The van der Waals surface area contributed by atoms with E-state index in [9.17, 15) is 9.59 Å². The third-order valence-electron chi connectivity index (χ3n) is 0.786. The minimum atomic E-state index is -0.546.